The van der Waals surface area contributed by atoms with Crippen LogP contribution in [0.3, 0.4) is 0 Å². The van der Waals surface area contributed by atoms with Gasteiger partial charge in [0.15, 0.2) is 0 Å². The molecule has 1 aromatic carbocycles. The van der Waals surface area contributed by atoms with Gasteiger partial charge in [0.05, 0.1) is 12.2 Å². The fourth-order valence-electron chi connectivity index (χ4n) is 0.989. The Hall–Kier alpha value is -1.20. The number of anilines is 1. The summed E-state index contributed by atoms with van der Waals surface area (Å²) in [7, 11) is 0. The van der Waals surface area contributed by atoms with E-state index in [1.54, 1.807) is 12.1 Å². The van der Waals surface area contributed by atoms with Gasteiger partial charge in [0, 0.05) is 16.3 Å². The van der Waals surface area contributed by atoms with Crippen molar-refractivity contribution in [2.24, 2.45) is 0 Å². The second-order valence-electron chi connectivity index (χ2n) is 2.63. The van der Waals surface area contributed by atoms with Crippen LogP contribution in [0.5, 0.6) is 0 Å². The van der Waals surface area contributed by atoms with E-state index in [0.717, 1.165) is 4.90 Å². The van der Waals surface area contributed by atoms with E-state index < -0.39 is 5.97 Å². The lowest BCUT2D eigenvalue weighted by Gasteiger charge is -2.03. The number of thioether (sulfide) groups is 1. The van der Waals surface area contributed by atoms with Crippen LogP contribution in [-0.4, -0.2) is 28.5 Å². The van der Waals surface area contributed by atoms with Crippen molar-refractivity contribution in [2.45, 2.75) is 4.90 Å². The Labute approximate surface area is 85.7 Å². The number of aromatic carboxylic acids is 1. The van der Waals surface area contributed by atoms with Gasteiger partial charge in [0.1, 0.15) is 0 Å². The monoisotopic (exact) mass is 213 g/mol. The summed E-state index contributed by atoms with van der Waals surface area (Å²) in [5.41, 5.74) is 5.90. The summed E-state index contributed by atoms with van der Waals surface area (Å²) in [6.45, 7) is 0.0885. The van der Waals surface area contributed by atoms with Crippen molar-refractivity contribution in [3.05, 3.63) is 23.8 Å². The molecule has 1 rings (SSSR count). The third-order valence-electron chi connectivity index (χ3n) is 1.61. The van der Waals surface area contributed by atoms with Gasteiger partial charge in [-0.1, -0.05) is 0 Å². The fraction of sp³-hybridized carbons (Fsp3) is 0.222. The van der Waals surface area contributed by atoms with Gasteiger partial charge in [-0.2, -0.15) is 0 Å². The van der Waals surface area contributed by atoms with Crippen molar-refractivity contribution in [3.63, 3.8) is 0 Å². The number of carboxylic acids is 1. The lowest BCUT2D eigenvalue weighted by atomic mass is 10.2. The molecule has 0 aromatic heterocycles. The molecule has 5 heteroatoms. The van der Waals surface area contributed by atoms with Gasteiger partial charge in [0.25, 0.3) is 0 Å². The van der Waals surface area contributed by atoms with Crippen molar-refractivity contribution in [1.82, 2.24) is 0 Å². The average molecular weight is 213 g/mol. The molecule has 1 aromatic rings. The van der Waals surface area contributed by atoms with Crippen LogP contribution in [0.4, 0.5) is 5.69 Å². The molecule has 0 aliphatic rings. The predicted molar refractivity (Wildman–Crippen MR) is 55.6 cm³/mol. The minimum atomic E-state index is -1.03. The molecule has 0 spiro atoms. The maximum absolute atomic E-state index is 10.6. The summed E-state index contributed by atoms with van der Waals surface area (Å²) in [4.78, 5) is 11.5. The Balaban J connectivity index is 2.83. The van der Waals surface area contributed by atoms with Gasteiger partial charge in [-0.05, 0) is 18.2 Å². The molecule has 4 N–H and O–H groups in total. The first-order chi connectivity index (χ1) is 6.65. The lowest BCUT2D eigenvalue weighted by molar-refractivity contribution is 0.0698. The Morgan fingerprint density at radius 1 is 1.50 bits per heavy atom. The topological polar surface area (TPSA) is 83.5 Å². The molecule has 0 aliphatic carbocycles. The number of hydrogen-bond donors (Lipinski definition) is 3. The zero-order chi connectivity index (χ0) is 10.6. The molecule has 0 unspecified atom stereocenters. The SMILES string of the molecule is Nc1cc(SCCO)ccc1C(=O)O. The van der Waals surface area contributed by atoms with E-state index in [4.69, 9.17) is 15.9 Å². The molecule has 0 atom stereocenters. The van der Waals surface area contributed by atoms with Crippen molar-refractivity contribution in [3.8, 4) is 0 Å². The van der Waals surface area contributed by atoms with Crippen LogP contribution in [0.15, 0.2) is 23.1 Å². The number of rotatable bonds is 4. The van der Waals surface area contributed by atoms with E-state index in [0.29, 0.717) is 5.75 Å². The second-order valence-corrected chi connectivity index (χ2v) is 3.79. The average Bonchev–Trinajstić information content (AvgIpc) is 2.14. The van der Waals surface area contributed by atoms with Crippen LogP contribution in [0.25, 0.3) is 0 Å². The molecule has 0 aliphatic heterocycles. The number of nitrogens with two attached hydrogens (primary N) is 1. The number of benzene rings is 1. The minimum absolute atomic E-state index is 0.0885. The maximum atomic E-state index is 10.6. The van der Waals surface area contributed by atoms with Crippen LogP contribution in [0.2, 0.25) is 0 Å². The number of carboxylic acid groups (broad SMARTS) is 1. The fourth-order valence-corrected chi connectivity index (χ4v) is 1.69. The largest absolute Gasteiger partial charge is 0.478 e. The van der Waals surface area contributed by atoms with Crippen LogP contribution in [-0.2, 0) is 0 Å². The van der Waals surface area contributed by atoms with Crippen LogP contribution in [0, 0.1) is 0 Å². The van der Waals surface area contributed by atoms with E-state index in [1.165, 1.54) is 17.8 Å². The summed E-state index contributed by atoms with van der Waals surface area (Å²) in [6.07, 6.45) is 0. The van der Waals surface area contributed by atoms with Crippen LogP contribution < -0.4 is 5.73 Å². The van der Waals surface area contributed by atoms with E-state index in [1.807, 2.05) is 0 Å². The molecule has 4 nitrogen and oxygen atoms in total. The van der Waals surface area contributed by atoms with E-state index >= 15 is 0 Å². The van der Waals surface area contributed by atoms with Gasteiger partial charge in [-0.25, -0.2) is 4.79 Å². The third kappa shape index (κ3) is 2.65. The van der Waals surface area contributed by atoms with Gasteiger partial charge >= 0.3 is 5.97 Å². The molecule has 0 saturated carbocycles. The van der Waals surface area contributed by atoms with Crippen molar-refractivity contribution >= 4 is 23.4 Å². The van der Waals surface area contributed by atoms with E-state index in [-0.39, 0.29) is 17.9 Å². The Kier molecular flexibility index (Phi) is 3.79. The Morgan fingerprint density at radius 2 is 2.21 bits per heavy atom. The summed E-state index contributed by atoms with van der Waals surface area (Å²) < 4.78 is 0. The van der Waals surface area contributed by atoms with Crippen LogP contribution >= 0.6 is 11.8 Å². The van der Waals surface area contributed by atoms with Crippen molar-refractivity contribution in [1.29, 1.82) is 0 Å². The first-order valence-corrected chi connectivity index (χ1v) is 5.00. The number of aliphatic hydroxyl groups excluding tert-OH is 1. The Bertz CT molecular complexity index is 341. The normalized spacial score (nSPS) is 10.1. The molecule has 0 saturated heterocycles. The summed E-state index contributed by atoms with van der Waals surface area (Å²) in [5, 5.41) is 17.3. The van der Waals surface area contributed by atoms with E-state index in [9.17, 15) is 4.79 Å². The van der Waals surface area contributed by atoms with Crippen molar-refractivity contribution < 1.29 is 15.0 Å². The predicted octanol–water partition coefficient (Wildman–Crippen LogP) is 1.05. The molecule has 76 valence electrons. The minimum Gasteiger partial charge on any atom is -0.478 e. The zero-order valence-electron chi connectivity index (χ0n) is 7.43. The molecular weight excluding hydrogens is 202 g/mol. The van der Waals surface area contributed by atoms with Gasteiger partial charge in [0.2, 0.25) is 0 Å². The smallest absolute Gasteiger partial charge is 0.337 e. The van der Waals surface area contributed by atoms with Gasteiger partial charge < -0.3 is 15.9 Å². The van der Waals surface area contributed by atoms with E-state index in [2.05, 4.69) is 0 Å². The molecule has 0 bridgehead atoms. The highest BCUT2D eigenvalue weighted by atomic mass is 32.2. The molecule has 0 heterocycles. The molecular formula is C9H11NO3S. The number of hydrogen-bond acceptors (Lipinski definition) is 4. The standard InChI is InChI=1S/C9H11NO3S/c10-8-5-6(14-4-3-11)1-2-7(8)9(12)13/h1-2,5,11H,3-4,10H2,(H,12,13). The highest BCUT2D eigenvalue weighted by molar-refractivity contribution is 7.99. The third-order valence-corrected chi connectivity index (χ3v) is 2.59. The first-order valence-electron chi connectivity index (χ1n) is 4.01. The number of carbonyl (C=O) groups is 1. The van der Waals surface area contributed by atoms with Crippen molar-refractivity contribution in [2.75, 3.05) is 18.1 Å². The second kappa shape index (κ2) is 4.88. The summed E-state index contributed by atoms with van der Waals surface area (Å²) in [5.74, 6) is -0.451. The molecule has 0 radical (unpaired) electrons. The highest BCUT2D eigenvalue weighted by Gasteiger charge is 2.07. The van der Waals surface area contributed by atoms with Gasteiger partial charge in [-0.3, -0.25) is 0 Å². The maximum Gasteiger partial charge on any atom is 0.337 e. The lowest BCUT2D eigenvalue weighted by Crippen LogP contribution is -2.02. The summed E-state index contributed by atoms with van der Waals surface area (Å²) >= 11 is 1.43. The Morgan fingerprint density at radius 3 is 2.71 bits per heavy atom. The molecule has 14 heavy (non-hydrogen) atoms. The summed E-state index contributed by atoms with van der Waals surface area (Å²) in [6, 6.07) is 4.75. The number of aliphatic hydroxyl groups is 1. The molecule has 0 fully saturated rings. The van der Waals surface area contributed by atoms with Gasteiger partial charge in [-0.15, -0.1) is 11.8 Å². The highest BCUT2D eigenvalue weighted by Crippen LogP contribution is 2.22. The quantitative estimate of drug-likeness (QED) is 0.514. The molecule has 0 amide bonds. The van der Waals surface area contributed by atoms with Crippen LogP contribution in [0.1, 0.15) is 10.4 Å². The first kappa shape index (κ1) is 10.9. The number of nitrogen functional groups attached to an aromatic ring is 1. The zero-order valence-corrected chi connectivity index (χ0v) is 8.25.